The zero-order valence-corrected chi connectivity index (χ0v) is 8.61. The van der Waals surface area contributed by atoms with E-state index in [9.17, 15) is 14.7 Å². The maximum atomic E-state index is 11.2. The van der Waals surface area contributed by atoms with Crippen molar-refractivity contribution in [3.8, 4) is 0 Å². The van der Waals surface area contributed by atoms with Crippen LogP contribution in [0, 0.1) is 0 Å². The van der Waals surface area contributed by atoms with Crippen molar-refractivity contribution in [2.45, 2.75) is 13.8 Å². The highest BCUT2D eigenvalue weighted by molar-refractivity contribution is 5.87. The number of amides is 1. The van der Waals surface area contributed by atoms with Gasteiger partial charge in [-0.2, -0.15) is 0 Å². The summed E-state index contributed by atoms with van der Waals surface area (Å²) in [6, 6.07) is 0. The van der Waals surface area contributed by atoms with Crippen LogP contribution in [0.4, 0.5) is 0 Å². The lowest BCUT2D eigenvalue weighted by Gasteiger charge is -2.13. The van der Waals surface area contributed by atoms with Gasteiger partial charge in [-0.1, -0.05) is 13.5 Å². The van der Waals surface area contributed by atoms with Crippen molar-refractivity contribution in [1.82, 2.24) is 0 Å². The summed E-state index contributed by atoms with van der Waals surface area (Å²) in [6.07, 6.45) is 0.871. The molecule has 15 heavy (non-hydrogen) atoms. The number of carbonyl (C=O) groups is 2. The minimum absolute atomic E-state index is 0.107. The number of esters is 1. The van der Waals surface area contributed by atoms with E-state index in [1.165, 1.54) is 6.92 Å². The molecule has 0 unspecified atom stereocenters. The Labute approximate surface area is 87.2 Å². The Kier molecular flexibility index (Phi) is 5.81. The molecule has 0 aliphatic carbocycles. The van der Waals surface area contributed by atoms with Gasteiger partial charge >= 0.3 is 11.9 Å². The molecule has 0 spiro atoms. The van der Waals surface area contributed by atoms with Crippen LogP contribution in [0.25, 0.3) is 0 Å². The van der Waals surface area contributed by atoms with Gasteiger partial charge in [-0.25, -0.2) is 14.9 Å². The molecule has 0 bridgehead atoms. The smallest absolute Gasteiger partial charge is 0.399 e. The first-order chi connectivity index (χ1) is 7.02. The van der Waals surface area contributed by atoms with E-state index in [0.29, 0.717) is 0 Å². The molecule has 0 saturated heterocycles. The monoisotopic (exact) mass is 215 g/mol. The molecular formula is C9H13NO5. The Morgan fingerprint density at radius 3 is 2.53 bits per heavy atom. The van der Waals surface area contributed by atoms with Crippen LogP contribution in [-0.2, 0) is 19.1 Å². The second-order valence-electron chi connectivity index (χ2n) is 2.46. The van der Waals surface area contributed by atoms with E-state index >= 15 is 0 Å². The van der Waals surface area contributed by atoms with Crippen molar-refractivity contribution < 1.29 is 29.5 Å². The Bertz CT molecular complexity index is 295. The van der Waals surface area contributed by atoms with Crippen molar-refractivity contribution in [1.29, 1.82) is 0 Å². The average Bonchev–Trinajstić information content (AvgIpc) is 2.14. The van der Waals surface area contributed by atoms with Gasteiger partial charge in [0.25, 0.3) is 0 Å². The fraction of sp³-hybridized carbons (Fsp3) is 0.333. The lowest BCUT2D eigenvalue weighted by atomic mass is 10.4. The predicted molar refractivity (Wildman–Crippen MR) is 47.5 cm³/mol. The highest BCUT2D eigenvalue weighted by Gasteiger charge is 2.19. The molecule has 6 heteroatoms. The summed E-state index contributed by atoms with van der Waals surface area (Å²) in [5, 5.41) is 12.1. The third kappa shape index (κ3) is 4.82. The number of hydrogen-bond donors (Lipinski definition) is 1. The summed E-state index contributed by atoms with van der Waals surface area (Å²) >= 11 is 0. The van der Waals surface area contributed by atoms with Crippen LogP contribution in [0.3, 0.4) is 0 Å². The third-order valence-electron chi connectivity index (χ3n) is 1.25. The van der Waals surface area contributed by atoms with Gasteiger partial charge in [-0.15, -0.1) is 0 Å². The van der Waals surface area contributed by atoms with Crippen molar-refractivity contribution in [3.63, 3.8) is 0 Å². The lowest BCUT2D eigenvalue weighted by Crippen LogP contribution is -2.87. The summed E-state index contributed by atoms with van der Waals surface area (Å²) in [7, 11) is 0. The standard InChI is InChI=1S/C9H13NO5/c1-4-14-8(12)7(10-6(3)11)9(13)15-5-2/h4,13H,1,5H2,2-3H3,(H,10,11). The Morgan fingerprint density at radius 2 is 2.13 bits per heavy atom. The number of primary amides is 1. The number of nitrogens with two attached hydrogens (primary N) is 1. The zero-order chi connectivity index (χ0) is 11.8. The number of hydrogen-bond acceptors (Lipinski definition) is 5. The average molecular weight is 215 g/mol. The van der Waals surface area contributed by atoms with E-state index in [1.54, 1.807) is 6.92 Å². The Hall–Kier alpha value is -1.82. The van der Waals surface area contributed by atoms with Crippen molar-refractivity contribution in [2.75, 3.05) is 6.61 Å². The third-order valence-corrected chi connectivity index (χ3v) is 1.25. The van der Waals surface area contributed by atoms with Crippen molar-refractivity contribution in [3.05, 3.63) is 24.5 Å². The van der Waals surface area contributed by atoms with Crippen molar-refractivity contribution in [2.24, 2.45) is 0 Å². The Morgan fingerprint density at radius 1 is 1.53 bits per heavy atom. The number of carbonyl (C=O) groups excluding carboxylic acids is 2. The van der Waals surface area contributed by atoms with E-state index in [1.807, 2.05) is 0 Å². The summed E-state index contributed by atoms with van der Waals surface area (Å²) in [5.41, 5.74) is -0.441. The van der Waals surface area contributed by atoms with Crippen LogP contribution in [0.5, 0.6) is 0 Å². The summed E-state index contributed by atoms with van der Waals surface area (Å²) in [6.45, 7) is 6.06. The van der Waals surface area contributed by atoms with Gasteiger partial charge in [0.05, 0.1) is 13.2 Å². The van der Waals surface area contributed by atoms with Gasteiger partial charge in [0.1, 0.15) is 5.95 Å². The van der Waals surface area contributed by atoms with Crippen LogP contribution in [0.1, 0.15) is 13.8 Å². The highest BCUT2D eigenvalue weighted by Crippen LogP contribution is 1.95. The van der Waals surface area contributed by atoms with Crippen LogP contribution in [0.2, 0.25) is 0 Å². The van der Waals surface area contributed by atoms with Gasteiger partial charge < -0.3 is 14.6 Å². The molecule has 0 aromatic heterocycles. The number of quaternary nitrogens is 1. The summed E-state index contributed by atoms with van der Waals surface area (Å²) in [5.74, 6) is -2.29. The molecule has 0 aliphatic heterocycles. The molecule has 0 atom stereocenters. The first-order valence-electron chi connectivity index (χ1n) is 4.24. The molecule has 1 amide bonds. The maximum Gasteiger partial charge on any atom is 0.399 e. The molecule has 6 nitrogen and oxygen atoms in total. The molecule has 0 saturated carbocycles. The lowest BCUT2D eigenvalue weighted by molar-refractivity contribution is -0.527. The van der Waals surface area contributed by atoms with E-state index in [4.69, 9.17) is 0 Å². The maximum absolute atomic E-state index is 11.2. The molecule has 2 N–H and O–H groups in total. The molecule has 0 heterocycles. The van der Waals surface area contributed by atoms with E-state index in [-0.39, 0.29) is 6.61 Å². The molecule has 0 fully saturated rings. The van der Waals surface area contributed by atoms with Crippen LogP contribution in [-0.4, -0.2) is 18.5 Å². The largest absolute Gasteiger partial charge is 0.609 e. The fourth-order valence-corrected chi connectivity index (χ4v) is 0.752. The molecule has 0 radical (unpaired) electrons. The normalized spacial score (nSPS) is 11.3. The summed E-state index contributed by atoms with van der Waals surface area (Å²) in [4.78, 5) is 21.9. The quantitative estimate of drug-likeness (QED) is 0.337. The number of rotatable bonds is 5. The first kappa shape index (κ1) is 13.2. The van der Waals surface area contributed by atoms with Crippen LogP contribution < -0.4 is 10.4 Å². The first-order valence-corrected chi connectivity index (χ1v) is 4.24. The molecule has 0 rings (SSSR count). The number of ether oxygens (including phenoxy) is 2. The second kappa shape index (κ2) is 6.61. The van der Waals surface area contributed by atoms with E-state index < -0.39 is 23.5 Å². The van der Waals surface area contributed by atoms with Crippen molar-refractivity contribution >= 4 is 11.9 Å². The van der Waals surface area contributed by atoms with Gasteiger partial charge in [-0.05, 0) is 6.61 Å². The highest BCUT2D eigenvalue weighted by atomic mass is 16.6. The van der Waals surface area contributed by atoms with Gasteiger partial charge in [-0.3, -0.25) is 0 Å². The summed E-state index contributed by atoms with van der Waals surface area (Å²) < 4.78 is 8.95. The Balaban J connectivity index is 4.85. The zero-order valence-electron chi connectivity index (χ0n) is 8.61. The molecule has 84 valence electrons. The van der Waals surface area contributed by atoms with Gasteiger partial charge in [0.15, 0.2) is 0 Å². The van der Waals surface area contributed by atoms with E-state index in [2.05, 4.69) is 16.1 Å². The minimum atomic E-state index is -0.960. The van der Waals surface area contributed by atoms with Gasteiger partial charge in [0.2, 0.25) is 5.70 Å². The predicted octanol–water partition coefficient (Wildman–Crippen LogP) is -1.65. The SMILES string of the molecule is C=COC(=O)C([NH2+]C(C)=O)=C([O-])OCC. The molecule has 0 aromatic carbocycles. The van der Waals surface area contributed by atoms with Crippen LogP contribution in [0.15, 0.2) is 24.5 Å². The second-order valence-corrected chi connectivity index (χ2v) is 2.46. The fourth-order valence-electron chi connectivity index (χ4n) is 0.752. The van der Waals surface area contributed by atoms with Crippen LogP contribution >= 0.6 is 0 Å². The molecular weight excluding hydrogens is 202 g/mol. The topological polar surface area (TPSA) is 92.3 Å². The van der Waals surface area contributed by atoms with Gasteiger partial charge in [0, 0.05) is 0 Å². The molecule has 0 aliphatic rings. The van der Waals surface area contributed by atoms with E-state index in [0.717, 1.165) is 11.6 Å². The minimum Gasteiger partial charge on any atom is -0.609 e. The molecule has 0 aromatic rings.